The van der Waals surface area contributed by atoms with Gasteiger partial charge in [-0.25, -0.2) is 0 Å². The summed E-state index contributed by atoms with van der Waals surface area (Å²) in [5.74, 6) is 1.74. The number of hydrogen-bond acceptors (Lipinski definition) is 3. The van der Waals surface area contributed by atoms with Crippen LogP contribution in [0.3, 0.4) is 0 Å². The van der Waals surface area contributed by atoms with Crippen LogP contribution in [0, 0.1) is 5.41 Å². The number of aromatic nitrogens is 3. The smallest absolute Gasteiger partial charge is 0.137 e. The molecule has 1 atom stereocenters. The molecule has 0 bridgehead atoms. The standard InChI is InChI=1S/C11H18N4/c1-15-8-13-14-10(15)9-6-12-7-11(9)4-2-3-5-11/h8-9,12H,2-7H2,1H3. The Hall–Kier alpha value is -0.900. The van der Waals surface area contributed by atoms with Crippen LogP contribution < -0.4 is 5.32 Å². The highest BCUT2D eigenvalue weighted by atomic mass is 15.3. The summed E-state index contributed by atoms with van der Waals surface area (Å²) in [7, 11) is 2.05. The first kappa shape index (κ1) is 9.33. The topological polar surface area (TPSA) is 42.7 Å². The first-order chi connectivity index (χ1) is 7.32. The van der Waals surface area contributed by atoms with Crippen LogP contribution in [-0.4, -0.2) is 27.9 Å². The fraction of sp³-hybridized carbons (Fsp3) is 0.818. The van der Waals surface area contributed by atoms with Crippen molar-refractivity contribution in [2.75, 3.05) is 13.1 Å². The average molecular weight is 206 g/mol. The summed E-state index contributed by atoms with van der Waals surface area (Å²) in [6.45, 7) is 2.25. The van der Waals surface area contributed by atoms with E-state index in [1.807, 2.05) is 6.33 Å². The summed E-state index contributed by atoms with van der Waals surface area (Å²) in [4.78, 5) is 0. The normalized spacial score (nSPS) is 29.0. The molecule has 1 saturated carbocycles. The van der Waals surface area contributed by atoms with E-state index in [0.717, 1.165) is 6.54 Å². The molecule has 82 valence electrons. The molecule has 2 aliphatic rings. The second-order valence-corrected chi connectivity index (χ2v) is 5.05. The Morgan fingerprint density at radius 1 is 1.47 bits per heavy atom. The molecule has 0 amide bonds. The molecule has 15 heavy (non-hydrogen) atoms. The summed E-state index contributed by atoms with van der Waals surface area (Å²) >= 11 is 0. The van der Waals surface area contributed by atoms with Gasteiger partial charge in [0.25, 0.3) is 0 Å². The minimum atomic E-state index is 0.487. The van der Waals surface area contributed by atoms with Gasteiger partial charge in [-0.15, -0.1) is 10.2 Å². The van der Waals surface area contributed by atoms with E-state index < -0.39 is 0 Å². The van der Waals surface area contributed by atoms with Gasteiger partial charge in [0.2, 0.25) is 0 Å². The zero-order chi connectivity index (χ0) is 10.3. The van der Waals surface area contributed by atoms with Gasteiger partial charge in [-0.2, -0.15) is 0 Å². The minimum absolute atomic E-state index is 0.487. The van der Waals surface area contributed by atoms with Crippen molar-refractivity contribution in [2.24, 2.45) is 12.5 Å². The second-order valence-electron chi connectivity index (χ2n) is 5.05. The Bertz CT molecular complexity index is 346. The predicted octanol–water partition coefficient (Wildman–Crippen LogP) is 1.06. The van der Waals surface area contributed by atoms with Crippen molar-refractivity contribution < 1.29 is 0 Å². The molecule has 2 heterocycles. The highest BCUT2D eigenvalue weighted by molar-refractivity contribution is 5.12. The molecular formula is C11H18N4. The molecule has 1 saturated heterocycles. The van der Waals surface area contributed by atoms with Gasteiger partial charge in [0.05, 0.1) is 0 Å². The third-order valence-corrected chi connectivity index (χ3v) is 4.22. The van der Waals surface area contributed by atoms with Crippen molar-refractivity contribution in [1.82, 2.24) is 20.1 Å². The van der Waals surface area contributed by atoms with Crippen molar-refractivity contribution in [3.05, 3.63) is 12.2 Å². The van der Waals surface area contributed by atoms with Gasteiger partial charge in [0.1, 0.15) is 12.2 Å². The highest BCUT2D eigenvalue weighted by Gasteiger charge is 2.46. The number of nitrogens with zero attached hydrogens (tertiary/aromatic N) is 3. The fourth-order valence-electron chi connectivity index (χ4n) is 3.38. The molecule has 1 aliphatic heterocycles. The quantitative estimate of drug-likeness (QED) is 0.747. The highest BCUT2D eigenvalue weighted by Crippen LogP contribution is 2.50. The Morgan fingerprint density at radius 3 is 2.93 bits per heavy atom. The maximum absolute atomic E-state index is 4.29. The van der Waals surface area contributed by atoms with Crippen molar-refractivity contribution in [3.8, 4) is 0 Å². The molecule has 1 spiro atoms. The second kappa shape index (κ2) is 3.30. The van der Waals surface area contributed by atoms with Crippen LogP contribution in [0.25, 0.3) is 0 Å². The summed E-state index contributed by atoms with van der Waals surface area (Å²) < 4.78 is 2.08. The lowest BCUT2D eigenvalue weighted by Gasteiger charge is -2.28. The van der Waals surface area contributed by atoms with E-state index in [9.17, 15) is 0 Å². The van der Waals surface area contributed by atoms with Crippen molar-refractivity contribution in [1.29, 1.82) is 0 Å². The van der Waals surface area contributed by atoms with Crippen LogP contribution in [0.1, 0.15) is 37.4 Å². The Kier molecular flexibility index (Phi) is 2.06. The third kappa shape index (κ3) is 1.31. The van der Waals surface area contributed by atoms with Crippen LogP contribution in [0.4, 0.5) is 0 Å². The van der Waals surface area contributed by atoms with E-state index in [1.165, 1.54) is 38.1 Å². The lowest BCUT2D eigenvalue weighted by molar-refractivity contribution is 0.283. The SMILES string of the molecule is Cn1cnnc1C1CNCC12CCCC2. The van der Waals surface area contributed by atoms with Gasteiger partial charge in [-0.3, -0.25) is 0 Å². The molecule has 4 heteroatoms. The summed E-state index contributed by atoms with van der Waals surface area (Å²) in [6, 6.07) is 0. The van der Waals surface area contributed by atoms with E-state index in [2.05, 4.69) is 27.1 Å². The van der Waals surface area contributed by atoms with Crippen molar-refractivity contribution in [3.63, 3.8) is 0 Å². The average Bonchev–Trinajstić information content (AvgIpc) is 2.90. The summed E-state index contributed by atoms with van der Waals surface area (Å²) in [5.41, 5.74) is 0.487. The first-order valence-electron chi connectivity index (χ1n) is 5.86. The minimum Gasteiger partial charge on any atom is -0.320 e. The van der Waals surface area contributed by atoms with Crippen LogP contribution in [0.2, 0.25) is 0 Å². The van der Waals surface area contributed by atoms with Crippen LogP contribution >= 0.6 is 0 Å². The molecule has 1 N–H and O–H groups in total. The lowest BCUT2D eigenvalue weighted by atomic mass is 9.76. The van der Waals surface area contributed by atoms with Crippen LogP contribution in [0.15, 0.2) is 6.33 Å². The lowest BCUT2D eigenvalue weighted by Crippen LogP contribution is -2.26. The number of hydrogen-bond donors (Lipinski definition) is 1. The molecule has 3 rings (SSSR count). The molecule has 0 aromatic carbocycles. The molecular weight excluding hydrogens is 188 g/mol. The molecule has 1 aromatic heterocycles. The van der Waals surface area contributed by atoms with E-state index in [4.69, 9.17) is 0 Å². The van der Waals surface area contributed by atoms with E-state index >= 15 is 0 Å². The molecule has 2 fully saturated rings. The molecule has 4 nitrogen and oxygen atoms in total. The van der Waals surface area contributed by atoms with E-state index in [1.54, 1.807) is 0 Å². The van der Waals surface area contributed by atoms with Crippen molar-refractivity contribution in [2.45, 2.75) is 31.6 Å². The maximum Gasteiger partial charge on any atom is 0.137 e. The number of nitrogens with one attached hydrogen (secondary N) is 1. The van der Waals surface area contributed by atoms with Gasteiger partial charge in [-0.1, -0.05) is 12.8 Å². The van der Waals surface area contributed by atoms with Gasteiger partial charge < -0.3 is 9.88 Å². The Labute approximate surface area is 90.1 Å². The van der Waals surface area contributed by atoms with Crippen LogP contribution in [0.5, 0.6) is 0 Å². The Morgan fingerprint density at radius 2 is 2.27 bits per heavy atom. The zero-order valence-corrected chi connectivity index (χ0v) is 9.24. The zero-order valence-electron chi connectivity index (χ0n) is 9.24. The van der Waals surface area contributed by atoms with E-state index in [0.29, 0.717) is 11.3 Å². The molecule has 1 unspecified atom stereocenters. The Balaban J connectivity index is 1.95. The largest absolute Gasteiger partial charge is 0.320 e. The first-order valence-corrected chi connectivity index (χ1v) is 5.86. The number of aryl methyl sites for hydroxylation is 1. The van der Waals surface area contributed by atoms with Gasteiger partial charge in [-0.05, 0) is 18.3 Å². The van der Waals surface area contributed by atoms with Gasteiger partial charge in [0, 0.05) is 26.1 Å². The van der Waals surface area contributed by atoms with Gasteiger partial charge >= 0.3 is 0 Å². The monoisotopic (exact) mass is 206 g/mol. The van der Waals surface area contributed by atoms with Crippen LogP contribution in [-0.2, 0) is 7.05 Å². The summed E-state index contributed by atoms with van der Waals surface area (Å²) in [6.07, 6.45) is 7.30. The predicted molar refractivity (Wildman–Crippen MR) is 57.5 cm³/mol. The molecule has 0 radical (unpaired) electrons. The molecule has 1 aromatic rings. The number of rotatable bonds is 1. The summed E-state index contributed by atoms with van der Waals surface area (Å²) in [5, 5.41) is 11.8. The van der Waals surface area contributed by atoms with Crippen molar-refractivity contribution >= 4 is 0 Å². The van der Waals surface area contributed by atoms with E-state index in [-0.39, 0.29) is 0 Å². The maximum atomic E-state index is 4.29. The van der Waals surface area contributed by atoms with Gasteiger partial charge in [0.15, 0.2) is 0 Å². The molecule has 1 aliphatic carbocycles. The third-order valence-electron chi connectivity index (χ3n) is 4.22. The fourth-order valence-corrected chi connectivity index (χ4v) is 3.38.